The van der Waals surface area contributed by atoms with E-state index in [1.165, 1.54) is 17.3 Å². The summed E-state index contributed by atoms with van der Waals surface area (Å²) in [5.41, 5.74) is 14.7. The van der Waals surface area contributed by atoms with Gasteiger partial charge in [-0.3, -0.25) is 0 Å². The third-order valence-corrected chi connectivity index (χ3v) is 7.96. The van der Waals surface area contributed by atoms with Crippen molar-refractivity contribution in [2.75, 3.05) is 37.6 Å². The number of rotatable bonds is 9. The number of benzene rings is 3. The summed E-state index contributed by atoms with van der Waals surface area (Å²) in [5.74, 6) is 0.803. The zero-order chi connectivity index (χ0) is 28.1. The van der Waals surface area contributed by atoms with Crippen LogP contribution in [0.3, 0.4) is 0 Å². The van der Waals surface area contributed by atoms with Crippen molar-refractivity contribution in [2.24, 2.45) is 10.7 Å². The maximum atomic E-state index is 14.0. The normalized spacial score (nSPS) is 16.2. The van der Waals surface area contributed by atoms with E-state index in [4.69, 9.17) is 10.7 Å². The number of allylic oxidation sites excluding steroid dienone is 1. The summed E-state index contributed by atoms with van der Waals surface area (Å²) in [7, 11) is 0. The molecule has 2 heterocycles. The highest BCUT2D eigenvalue weighted by molar-refractivity contribution is 5.84. The van der Waals surface area contributed by atoms with Crippen LogP contribution < -0.4 is 16.0 Å². The molecule has 0 bridgehead atoms. The van der Waals surface area contributed by atoms with Gasteiger partial charge in [-0.1, -0.05) is 43.8 Å². The van der Waals surface area contributed by atoms with Crippen LogP contribution in [0.2, 0.25) is 0 Å². The molecule has 40 heavy (non-hydrogen) atoms. The highest BCUT2D eigenvalue weighted by Gasteiger charge is 2.22. The van der Waals surface area contributed by atoms with E-state index in [1.54, 1.807) is 12.1 Å². The standard InChI is InChI=1S/C34H40FN5/c1-4-26-7-6-10-31(22-26)40-17-15-39(16-18-40)25(3)38-34-12-11-28(33-13-14-37-33)23-32(34)29(19-24(2)36)20-27-8-5-9-30(35)21-27/h5-13,21-23,29,37H,2,4,14-20,36H2,1,3H3/b38-25+. The molecule has 3 N–H and O–H groups in total. The van der Waals surface area contributed by atoms with Crippen LogP contribution in [-0.4, -0.2) is 43.5 Å². The quantitative estimate of drug-likeness (QED) is 0.245. The molecular weight excluding hydrogens is 497 g/mol. The smallest absolute Gasteiger partial charge is 0.123 e. The predicted molar refractivity (Wildman–Crippen MR) is 166 cm³/mol. The van der Waals surface area contributed by atoms with Crippen LogP contribution in [0, 0.1) is 5.82 Å². The molecular formula is C34H40FN5. The molecule has 6 heteroatoms. The van der Waals surface area contributed by atoms with E-state index in [9.17, 15) is 4.39 Å². The number of aliphatic imine (C=N–C) groups is 1. The van der Waals surface area contributed by atoms with Gasteiger partial charge in [0.25, 0.3) is 0 Å². The second-order valence-electron chi connectivity index (χ2n) is 10.8. The minimum absolute atomic E-state index is 0.0224. The Bertz CT molecular complexity index is 1420. The molecule has 0 spiro atoms. The van der Waals surface area contributed by atoms with E-state index in [0.29, 0.717) is 18.5 Å². The lowest BCUT2D eigenvalue weighted by atomic mass is 9.86. The SMILES string of the molecule is C=C(N)CC(Cc1cccc(F)c1)c1cc(C2=CCN2)ccc1/N=C(\C)N1CCN(c2cccc(CC)c2)CC1. The molecule has 1 unspecified atom stereocenters. The molecule has 1 saturated heterocycles. The van der Waals surface area contributed by atoms with E-state index >= 15 is 0 Å². The minimum atomic E-state index is -0.227. The van der Waals surface area contributed by atoms with Gasteiger partial charge < -0.3 is 20.9 Å². The molecule has 0 saturated carbocycles. The number of halogens is 1. The fourth-order valence-electron chi connectivity index (χ4n) is 5.64. The first-order chi connectivity index (χ1) is 19.4. The molecule has 2 aliphatic rings. The van der Waals surface area contributed by atoms with Crippen molar-refractivity contribution in [3.63, 3.8) is 0 Å². The molecule has 0 aromatic heterocycles. The fourth-order valence-corrected chi connectivity index (χ4v) is 5.64. The van der Waals surface area contributed by atoms with Crippen LogP contribution in [0.4, 0.5) is 15.8 Å². The molecule has 3 aromatic carbocycles. The van der Waals surface area contributed by atoms with Gasteiger partial charge in [-0.05, 0) is 96.8 Å². The van der Waals surface area contributed by atoms with E-state index < -0.39 is 0 Å². The Hall–Kier alpha value is -4.06. The third kappa shape index (κ3) is 6.56. The molecule has 0 aliphatic carbocycles. The maximum absolute atomic E-state index is 14.0. The van der Waals surface area contributed by atoms with Gasteiger partial charge in [-0.15, -0.1) is 0 Å². The highest BCUT2D eigenvalue weighted by atomic mass is 19.1. The van der Waals surface area contributed by atoms with Gasteiger partial charge in [-0.2, -0.15) is 0 Å². The largest absolute Gasteiger partial charge is 0.402 e. The molecule has 1 fully saturated rings. The summed E-state index contributed by atoms with van der Waals surface area (Å²) in [6.07, 6.45) is 4.49. The van der Waals surface area contributed by atoms with E-state index in [-0.39, 0.29) is 11.7 Å². The van der Waals surface area contributed by atoms with E-state index in [0.717, 1.165) is 73.1 Å². The number of hydrogen-bond donors (Lipinski definition) is 2. The van der Waals surface area contributed by atoms with Gasteiger partial charge in [0.1, 0.15) is 11.7 Å². The summed E-state index contributed by atoms with van der Waals surface area (Å²) in [4.78, 5) is 10.0. The first-order valence-corrected chi connectivity index (χ1v) is 14.3. The number of nitrogens with one attached hydrogen (secondary N) is 1. The molecule has 3 aromatic rings. The molecule has 1 atom stereocenters. The van der Waals surface area contributed by atoms with E-state index in [1.807, 2.05) is 6.07 Å². The Morgan fingerprint density at radius 1 is 1.02 bits per heavy atom. The number of anilines is 1. The van der Waals surface area contributed by atoms with Crippen LogP contribution in [0.1, 0.15) is 48.4 Å². The molecule has 0 radical (unpaired) electrons. The summed E-state index contributed by atoms with van der Waals surface area (Å²) in [5, 5.41) is 3.38. The van der Waals surface area contributed by atoms with Crippen molar-refractivity contribution < 1.29 is 4.39 Å². The van der Waals surface area contributed by atoms with Crippen molar-refractivity contribution >= 4 is 22.9 Å². The van der Waals surface area contributed by atoms with Crippen molar-refractivity contribution in [1.82, 2.24) is 10.2 Å². The number of amidine groups is 1. The molecule has 5 nitrogen and oxygen atoms in total. The lowest BCUT2D eigenvalue weighted by Crippen LogP contribution is -2.48. The van der Waals surface area contributed by atoms with Crippen LogP contribution in [0.5, 0.6) is 0 Å². The lowest BCUT2D eigenvalue weighted by molar-refractivity contribution is 0.384. The zero-order valence-corrected chi connectivity index (χ0v) is 23.7. The van der Waals surface area contributed by atoms with Gasteiger partial charge in [0.2, 0.25) is 0 Å². The van der Waals surface area contributed by atoms with Crippen molar-refractivity contribution in [1.29, 1.82) is 0 Å². The van der Waals surface area contributed by atoms with Crippen molar-refractivity contribution in [3.05, 3.63) is 113 Å². The average molecular weight is 538 g/mol. The topological polar surface area (TPSA) is 56.9 Å². The number of aryl methyl sites for hydroxylation is 1. The Morgan fingerprint density at radius 2 is 1.77 bits per heavy atom. The Morgan fingerprint density at radius 3 is 2.45 bits per heavy atom. The van der Waals surface area contributed by atoms with Crippen LogP contribution >= 0.6 is 0 Å². The van der Waals surface area contributed by atoms with Crippen molar-refractivity contribution in [3.8, 4) is 0 Å². The van der Waals surface area contributed by atoms with E-state index in [2.05, 4.69) is 84.1 Å². The number of hydrogen-bond acceptors (Lipinski definition) is 4. The lowest BCUT2D eigenvalue weighted by Gasteiger charge is -2.37. The Kier molecular flexibility index (Phi) is 8.54. The summed E-state index contributed by atoms with van der Waals surface area (Å²) in [6, 6.07) is 22.1. The number of nitrogens with two attached hydrogens (primary N) is 1. The van der Waals surface area contributed by atoms with Gasteiger partial charge in [-0.25, -0.2) is 9.38 Å². The maximum Gasteiger partial charge on any atom is 0.123 e. The summed E-state index contributed by atoms with van der Waals surface area (Å²) < 4.78 is 14.0. The summed E-state index contributed by atoms with van der Waals surface area (Å²) >= 11 is 0. The molecule has 5 rings (SSSR count). The van der Waals surface area contributed by atoms with Crippen LogP contribution in [0.25, 0.3) is 5.70 Å². The Labute approximate surface area is 237 Å². The van der Waals surface area contributed by atoms with Gasteiger partial charge in [0, 0.05) is 49.8 Å². The first-order valence-electron chi connectivity index (χ1n) is 14.3. The fraction of sp³-hybridized carbons (Fsp3) is 0.324. The summed E-state index contributed by atoms with van der Waals surface area (Å²) in [6.45, 7) is 12.9. The third-order valence-electron chi connectivity index (χ3n) is 7.96. The van der Waals surface area contributed by atoms with Crippen LogP contribution in [-0.2, 0) is 12.8 Å². The monoisotopic (exact) mass is 537 g/mol. The molecule has 2 aliphatic heterocycles. The van der Waals surface area contributed by atoms with Gasteiger partial charge >= 0.3 is 0 Å². The predicted octanol–water partition coefficient (Wildman–Crippen LogP) is 6.39. The van der Waals surface area contributed by atoms with Crippen molar-refractivity contribution in [2.45, 2.75) is 39.0 Å². The van der Waals surface area contributed by atoms with Crippen LogP contribution in [0.15, 0.2) is 90.1 Å². The number of piperazine rings is 1. The minimum Gasteiger partial charge on any atom is -0.402 e. The zero-order valence-electron chi connectivity index (χ0n) is 23.7. The second-order valence-corrected chi connectivity index (χ2v) is 10.8. The average Bonchev–Trinajstić information content (AvgIpc) is 2.92. The van der Waals surface area contributed by atoms with Gasteiger partial charge in [0.15, 0.2) is 0 Å². The Balaban J connectivity index is 1.41. The van der Waals surface area contributed by atoms with Gasteiger partial charge in [0.05, 0.1) is 5.69 Å². The molecule has 0 amide bonds. The second kappa shape index (κ2) is 12.4. The highest BCUT2D eigenvalue weighted by Crippen LogP contribution is 2.36. The first kappa shape index (κ1) is 27.5. The molecule has 208 valence electrons. The number of nitrogens with zero attached hydrogens (tertiary/aromatic N) is 3.